The molecule has 1 atom stereocenters. The van der Waals surface area contributed by atoms with E-state index in [-0.39, 0.29) is 6.04 Å². The fourth-order valence-corrected chi connectivity index (χ4v) is 5.26. The average Bonchev–Trinajstić information content (AvgIpc) is 3.29. The molecule has 0 radical (unpaired) electrons. The minimum Gasteiger partial charge on any atom is -0.378 e. The predicted molar refractivity (Wildman–Crippen MR) is 104 cm³/mol. The van der Waals surface area contributed by atoms with Crippen LogP contribution in [0, 0.1) is 0 Å². The van der Waals surface area contributed by atoms with Gasteiger partial charge in [0.15, 0.2) is 0 Å². The number of nitrogens with one attached hydrogen (secondary N) is 1. The lowest BCUT2D eigenvalue weighted by Gasteiger charge is -2.28. The van der Waals surface area contributed by atoms with Crippen LogP contribution in [0.2, 0.25) is 0 Å². The first-order valence-electron chi connectivity index (χ1n) is 8.52. The average molecular weight is 380 g/mol. The maximum atomic E-state index is 12.5. The molecule has 0 amide bonds. The second-order valence-electron chi connectivity index (χ2n) is 6.53. The lowest BCUT2D eigenvalue weighted by molar-refractivity contribution is 0.246. The van der Waals surface area contributed by atoms with Crippen molar-refractivity contribution in [1.29, 1.82) is 0 Å². The van der Waals surface area contributed by atoms with Gasteiger partial charge in [-0.25, -0.2) is 13.1 Å². The number of nitrogens with zero attached hydrogens (tertiary/aromatic N) is 2. The molecule has 0 saturated carbocycles. The highest BCUT2D eigenvalue weighted by Crippen LogP contribution is 2.27. The van der Waals surface area contributed by atoms with Gasteiger partial charge in [0, 0.05) is 32.4 Å². The highest BCUT2D eigenvalue weighted by molar-refractivity contribution is 7.91. The highest BCUT2D eigenvalue weighted by atomic mass is 32.2. The van der Waals surface area contributed by atoms with E-state index >= 15 is 0 Å². The molecular formula is C18H25N3O2S2. The Morgan fingerprint density at radius 2 is 1.84 bits per heavy atom. The number of hydrogen-bond acceptors (Lipinski definition) is 5. The molecule has 0 bridgehead atoms. The van der Waals surface area contributed by atoms with Crippen molar-refractivity contribution in [2.75, 3.05) is 38.6 Å². The van der Waals surface area contributed by atoms with Crippen LogP contribution in [-0.2, 0) is 10.0 Å². The second kappa shape index (κ2) is 7.86. The largest absolute Gasteiger partial charge is 0.378 e. The third-order valence-electron chi connectivity index (χ3n) is 4.60. The summed E-state index contributed by atoms with van der Waals surface area (Å²) in [5.41, 5.74) is 2.30. The van der Waals surface area contributed by atoms with Crippen molar-refractivity contribution >= 4 is 27.0 Å². The van der Waals surface area contributed by atoms with Crippen LogP contribution in [0.1, 0.15) is 24.4 Å². The third-order valence-corrected chi connectivity index (χ3v) is 7.42. The van der Waals surface area contributed by atoms with E-state index in [0.29, 0.717) is 10.8 Å². The number of rotatable bonds is 7. The summed E-state index contributed by atoms with van der Waals surface area (Å²) in [6.45, 7) is 2.42. The topological polar surface area (TPSA) is 52.7 Å². The quantitative estimate of drug-likeness (QED) is 0.804. The zero-order valence-corrected chi connectivity index (χ0v) is 16.3. The van der Waals surface area contributed by atoms with E-state index in [2.05, 4.69) is 38.8 Å². The summed E-state index contributed by atoms with van der Waals surface area (Å²) in [6.07, 6.45) is 2.34. The van der Waals surface area contributed by atoms with E-state index in [4.69, 9.17) is 0 Å². The Morgan fingerprint density at radius 1 is 1.16 bits per heavy atom. The van der Waals surface area contributed by atoms with Crippen LogP contribution < -0.4 is 9.62 Å². The summed E-state index contributed by atoms with van der Waals surface area (Å²) in [6, 6.07) is 11.9. The van der Waals surface area contributed by atoms with E-state index in [1.165, 1.54) is 24.2 Å². The molecule has 0 spiro atoms. The maximum absolute atomic E-state index is 12.5. The Kier molecular flexibility index (Phi) is 5.78. The number of sulfonamides is 1. The molecule has 1 fully saturated rings. The van der Waals surface area contributed by atoms with Crippen molar-refractivity contribution in [3.8, 4) is 0 Å². The predicted octanol–water partition coefficient (Wildman–Crippen LogP) is 2.93. The number of likely N-dealkylation sites (tertiary alicyclic amines) is 1. The summed E-state index contributed by atoms with van der Waals surface area (Å²) in [7, 11) is 0.594. The first kappa shape index (κ1) is 18.4. The highest BCUT2D eigenvalue weighted by Gasteiger charge is 2.26. The summed E-state index contributed by atoms with van der Waals surface area (Å²) >= 11 is 1.25. The van der Waals surface area contributed by atoms with Gasteiger partial charge in [0.25, 0.3) is 0 Å². The smallest absolute Gasteiger partial charge is 0.250 e. The summed E-state index contributed by atoms with van der Waals surface area (Å²) in [4.78, 5) is 4.44. The fraction of sp³-hybridized carbons (Fsp3) is 0.444. The maximum Gasteiger partial charge on any atom is 0.250 e. The van der Waals surface area contributed by atoms with Gasteiger partial charge in [-0.05, 0) is 55.1 Å². The van der Waals surface area contributed by atoms with Crippen LogP contribution in [-0.4, -0.2) is 47.0 Å². The van der Waals surface area contributed by atoms with Gasteiger partial charge in [-0.1, -0.05) is 18.2 Å². The van der Waals surface area contributed by atoms with Gasteiger partial charge in [-0.15, -0.1) is 11.3 Å². The monoisotopic (exact) mass is 379 g/mol. The second-order valence-corrected chi connectivity index (χ2v) is 9.47. The van der Waals surface area contributed by atoms with E-state index in [0.717, 1.165) is 24.3 Å². The fourth-order valence-electron chi connectivity index (χ4n) is 3.18. The molecule has 0 aliphatic carbocycles. The molecule has 2 heterocycles. The van der Waals surface area contributed by atoms with Gasteiger partial charge in [0.2, 0.25) is 10.0 Å². The zero-order valence-electron chi connectivity index (χ0n) is 14.7. The van der Waals surface area contributed by atoms with Gasteiger partial charge < -0.3 is 4.90 Å². The number of thiophene rings is 1. The Hall–Kier alpha value is -1.41. The molecule has 1 unspecified atom stereocenters. The normalized spacial score (nSPS) is 16.9. The van der Waals surface area contributed by atoms with Crippen molar-refractivity contribution in [2.24, 2.45) is 0 Å². The third kappa shape index (κ3) is 4.41. The van der Waals surface area contributed by atoms with E-state index in [9.17, 15) is 8.42 Å². The van der Waals surface area contributed by atoms with Crippen LogP contribution >= 0.6 is 11.3 Å². The molecule has 136 valence electrons. The minimum absolute atomic E-state index is 0.0634. The van der Waals surface area contributed by atoms with E-state index in [1.54, 1.807) is 17.5 Å². The molecular weight excluding hydrogens is 354 g/mol. The SMILES string of the molecule is CN(C)c1ccc(C(CNS(=O)(=O)c2cccs2)N2CCCC2)cc1. The Labute approximate surface area is 154 Å². The molecule has 1 aliphatic heterocycles. The van der Waals surface area contributed by atoms with Crippen molar-refractivity contribution in [1.82, 2.24) is 9.62 Å². The lowest BCUT2D eigenvalue weighted by Crippen LogP contribution is -2.36. The molecule has 1 aromatic carbocycles. The molecule has 25 heavy (non-hydrogen) atoms. The standard InChI is InChI=1S/C18H25N3O2S2/c1-20(2)16-9-7-15(8-10-16)17(21-11-3-4-12-21)14-19-25(22,23)18-6-5-13-24-18/h5-10,13,17,19H,3-4,11-12,14H2,1-2H3. The van der Waals surface area contributed by atoms with Gasteiger partial charge in [0.05, 0.1) is 0 Å². The molecule has 1 aliphatic rings. The summed E-state index contributed by atoms with van der Waals surface area (Å²) in [5.74, 6) is 0. The first-order chi connectivity index (χ1) is 12.0. The number of anilines is 1. The van der Waals surface area contributed by atoms with Gasteiger partial charge in [-0.3, -0.25) is 4.90 Å². The van der Waals surface area contributed by atoms with Crippen LogP contribution in [0.15, 0.2) is 46.0 Å². The van der Waals surface area contributed by atoms with Crippen molar-refractivity contribution in [3.63, 3.8) is 0 Å². The van der Waals surface area contributed by atoms with Gasteiger partial charge >= 0.3 is 0 Å². The Bertz CT molecular complexity index is 765. The van der Waals surface area contributed by atoms with E-state index < -0.39 is 10.0 Å². The molecule has 5 nitrogen and oxygen atoms in total. The van der Waals surface area contributed by atoms with Crippen molar-refractivity contribution in [2.45, 2.75) is 23.1 Å². The molecule has 1 aromatic heterocycles. The zero-order chi connectivity index (χ0) is 17.9. The number of hydrogen-bond donors (Lipinski definition) is 1. The van der Waals surface area contributed by atoms with Gasteiger partial charge in [0.1, 0.15) is 4.21 Å². The van der Waals surface area contributed by atoms with Crippen LogP contribution in [0.25, 0.3) is 0 Å². The molecule has 1 N–H and O–H groups in total. The van der Waals surface area contributed by atoms with Crippen LogP contribution in [0.3, 0.4) is 0 Å². The summed E-state index contributed by atoms with van der Waals surface area (Å²) in [5, 5.41) is 1.78. The van der Waals surface area contributed by atoms with Crippen molar-refractivity contribution < 1.29 is 8.42 Å². The lowest BCUT2D eigenvalue weighted by atomic mass is 10.1. The Balaban J connectivity index is 1.78. The minimum atomic E-state index is -3.44. The molecule has 2 aromatic rings. The van der Waals surface area contributed by atoms with Gasteiger partial charge in [-0.2, -0.15) is 0 Å². The summed E-state index contributed by atoms with van der Waals surface area (Å²) < 4.78 is 28.1. The van der Waals surface area contributed by atoms with Crippen molar-refractivity contribution in [3.05, 3.63) is 47.3 Å². The molecule has 1 saturated heterocycles. The number of benzene rings is 1. The van der Waals surface area contributed by atoms with E-state index in [1.807, 2.05) is 14.1 Å². The Morgan fingerprint density at radius 3 is 2.40 bits per heavy atom. The van der Waals surface area contributed by atoms with Crippen LogP contribution in [0.4, 0.5) is 5.69 Å². The first-order valence-corrected chi connectivity index (χ1v) is 10.9. The molecule has 7 heteroatoms. The molecule has 3 rings (SSSR count). The van der Waals surface area contributed by atoms with Crippen LogP contribution in [0.5, 0.6) is 0 Å².